The molecule has 1 nitrogen and oxygen atoms in total. The first-order chi connectivity index (χ1) is 5.00. The number of hydrogen-bond acceptors (Lipinski definition) is 1. The summed E-state index contributed by atoms with van der Waals surface area (Å²) < 4.78 is 0. The summed E-state index contributed by atoms with van der Waals surface area (Å²) >= 11 is 0. The Labute approximate surface area is 70.8 Å². The lowest BCUT2D eigenvalue weighted by molar-refractivity contribution is 0.197. The molecular formula is C10H21N. The van der Waals surface area contributed by atoms with Crippen LogP contribution in [0.5, 0.6) is 0 Å². The molecule has 0 spiro atoms. The third-order valence-corrected chi connectivity index (χ3v) is 3.60. The van der Waals surface area contributed by atoms with Gasteiger partial charge in [0.05, 0.1) is 0 Å². The Morgan fingerprint density at radius 1 is 1.55 bits per heavy atom. The van der Waals surface area contributed by atoms with E-state index in [0.717, 1.165) is 12.0 Å². The lowest BCUT2D eigenvalue weighted by Gasteiger charge is -2.31. The van der Waals surface area contributed by atoms with E-state index in [4.69, 9.17) is 0 Å². The Morgan fingerprint density at radius 2 is 2.00 bits per heavy atom. The summed E-state index contributed by atoms with van der Waals surface area (Å²) in [7, 11) is 2.22. The molecule has 1 heteroatoms. The minimum Gasteiger partial charge on any atom is -0.300 e. The molecule has 1 aliphatic heterocycles. The quantitative estimate of drug-likeness (QED) is 0.565. The Bertz CT molecular complexity index is 134. The zero-order valence-corrected chi connectivity index (χ0v) is 8.52. The molecule has 0 N–H and O–H groups in total. The van der Waals surface area contributed by atoms with Crippen LogP contribution in [0.4, 0.5) is 0 Å². The first-order valence-electron chi connectivity index (χ1n) is 4.70. The van der Waals surface area contributed by atoms with Crippen molar-refractivity contribution < 1.29 is 0 Å². The van der Waals surface area contributed by atoms with E-state index in [1.54, 1.807) is 0 Å². The molecule has 0 bridgehead atoms. The molecule has 0 aromatic rings. The van der Waals surface area contributed by atoms with Gasteiger partial charge in [0.15, 0.2) is 0 Å². The van der Waals surface area contributed by atoms with E-state index >= 15 is 0 Å². The maximum Gasteiger partial charge on any atom is 0.0274 e. The minimum atomic E-state index is 0.517. The van der Waals surface area contributed by atoms with Crippen LogP contribution in [-0.2, 0) is 0 Å². The van der Waals surface area contributed by atoms with Crippen LogP contribution in [0, 0.1) is 11.3 Å². The maximum absolute atomic E-state index is 2.44. The molecule has 0 amide bonds. The van der Waals surface area contributed by atoms with Crippen molar-refractivity contribution in [3.8, 4) is 0 Å². The summed E-state index contributed by atoms with van der Waals surface area (Å²) in [4.78, 5) is 2.44. The van der Waals surface area contributed by atoms with Crippen molar-refractivity contribution >= 4 is 0 Å². The summed E-state index contributed by atoms with van der Waals surface area (Å²) in [6.07, 6.45) is 1.30. The van der Waals surface area contributed by atoms with Crippen molar-refractivity contribution in [2.75, 3.05) is 13.6 Å². The van der Waals surface area contributed by atoms with Gasteiger partial charge in [-0.1, -0.05) is 34.1 Å². The molecule has 0 saturated carbocycles. The van der Waals surface area contributed by atoms with Gasteiger partial charge in [0, 0.05) is 12.6 Å². The fraction of sp³-hybridized carbons (Fsp3) is 1.00. The fourth-order valence-electron chi connectivity index (χ4n) is 1.88. The molecular weight excluding hydrogens is 134 g/mol. The van der Waals surface area contributed by atoms with Crippen molar-refractivity contribution in [2.24, 2.45) is 11.3 Å². The van der Waals surface area contributed by atoms with Crippen LogP contribution in [-0.4, -0.2) is 24.5 Å². The smallest absolute Gasteiger partial charge is 0.0274 e. The summed E-state index contributed by atoms with van der Waals surface area (Å²) in [6, 6.07) is 0.845. The molecule has 1 aliphatic rings. The predicted molar refractivity (Wildman–Crippen MR) is 49.7 cm³/mol. The van der Waals surface area contributed by atoms with Gasteiger partial charge >= 0.3 is 0 Å². The lowest BCUT2D eigenvalue weighted by atomic mass is 9.75. The third-order valence-electron chi connectivity index (χ3n) is 3.60. The SMILES string of the molecule is CCC(C)C(C)(C)[C@@H]1CN1C. The van der Waals surface area contributed by atoms with Crippen LogP contribution in [0.3, 0.4) is 0 Å². The number of rotatable bonds is 3. The average Bonchev–Trinajstić information content (AvgIpc) is 2.65. The third kappa shape index (κ3) is 1.58. The zero-order chi connectivity index (χ0) is 8.65. The predicted octanol–water partition coefficient (Wildman–Crippen LogP) is 2.37. The minimum absolute atomic E-state index is 0.517. The van der Waals surface area contributed by atoms with Crippen molar-refractivity contribution in [3.05, 3.63) is 0 Å². The Balaban J connectivity index is 2.52. The fourth-order valence-corrected chi connectivity index (χ4v) is 1.88. The summed E-state index contributed by atoms with van der Waals surface area (Å²) in [6.45, 7) is 10.8. The van der Waals surface area contributed by atoms with E-state index in [2.05, 4.69) is 39.6 Å². The van der Waals surface area contributed by atoms with Gasteiger partial charge in [-0.05, 0) is 18.4 Å². The molecule has 3 atom stereocenters. The highest BCUT2D eigenvalue weighted by atomic mass is 15.3. The highest BCUT2D eigenvalue weighted by molar-refractivity contribution is 4.99. The van der Waals surface area contributed by atoms with Gasteiger partial charge in [0.1, 0.15) is 0 Å². The monoisotopic (exact) mass is 155 g/mol. The van der Waals surface area contributed by atoms with Crippen LogP contribution < -0.4 is 0 Å². The van der Waals surface area contributed by atoms with Crippen LogP contribution in [0.15, 0.2) is 0 Å². The lowest BCUT2D eigenvalue weighted by Crippen LogP contribution is -2.29. The number of nitrogens with zero attached hydrogens (tertiary/aromatic N) is 1. The van der Waals surface area contributed by atoms with E-state index in [0.29, 0.717) is 5.41 Å². The normalized spacial score (nSPS) is 33.5. The van der Waals surface area contributed by atoms with Crippen LogP contribution in [0.25, 0.3) is 0 Å². The second-order valence-corrected chi connectivity index (χ2v) is 4.59. The molecule has 0 aromatic carbocycles. The highest BCUT2D eigenvalue weighted by Gasteiger charge is 2.45. The molecule has 1 rings (SSSR count). The molecule has 1 saturated heterocycles. The van der Waals surface area contributed by atoms with Gasteiger partial charge in [0.2, 0.25) is 0 Å². The van der Waals surface area contributed by atoms with Crippen LogP contribution >= 0.6 is 0 Å². The second kappa shape index (κ2) is 2.78. The van der Waals surface area contributed by atoms with Gasteiger partial charge in [-0.25, -0.2) is 0 Å². The Kier molecular flexibility index (Phi) is 2.29. The van der Waals surface area contributed by atoms with Crippen LogP contribution in [0.1, 0.15) is 34.1 Å². The number of likely N-dealkylation sites (N-methyl/N-ethyl adjacent to an activating group) is 1. The molecule has 2 unspecified atom stereocenters. The zero-order valence-electron chi connectivity index (χ0n) is 8.52. The van der Waals surface area contributed by atoms with Gasteiger partial charge in [0.25, 0.3) is 0 Å². The van der Waals surface area contributed by atoms with E-state index < -0.39 is 0 Å². The summed E-state index contributed by atoms with van der Waals surface area (Å²) in [5.74, 6) is 0.845. The number of hydrogen-bond donors (Lipinski definition) is 0. The van der Waals surface area contributed by atoms with Crippen molar-refractivity contribution in [1.29, 1.82) is 0 Å². The first kappa shape index (κ1) is 9.05. The van der Waals surface area contributed by atoms with Crippen molar-refractivity contribution in [1.82, 2.24) is 4.90 Å². The maximum atomic E-state index is 2.44. The van der Waals surface area contributed by atoms with Gasteiger partial charge < -0.3 is 4.90 Å². The van der Waals surface area contributed by atoms with E-state index in [9.17, 15) is 0 Å². The van der Waals surface area contributed by atoms with Gasteiger partial charge in [-0.15, -0.1) is 0 Å². The molecule has 1 heterocycles. The second-order valence-electron chi connectivity index (χ2n) is 4.59. The molecule has 11 heavy (non-hydrogen) atoms. The summed E-state index contributed by atoms with van der Waals surface area (Å²) in [5, 5.41) is 0. The topological polar surface area (TPSA) is 3.01 Å². The van der Waals surface area contributed by atoms with Gasteiger partial charge in [-0.3, -0.25) is 0 Å². The summed E-state index contributed by atoms with van der Waals surface area (Å²) in [5.41, 5.74) is 0.517. The molecule has 1 fully saturated rings. The standard InChI is InChI=1S/C10H21N/c1-6-8(2)10(3,4)9-7-11(9)5/h8-9H,6-7H2,1-5H3/t8?,9-,11?/m0/s1. The Morgan fingerprint density at radius 3 is 2.27 bits per heavy atom. The largest absolute Gasteiger partial charge is 0.300 e. The van der Waals surface area contributed by atoms with Crippen molar-refractivity contribution in [2.45, 2.75) is 40.2 Å². The van der Waals surface area contributed by atoms with E-state index in [1.165, 1.54) is 13.0 Å². The van der Waals surface area contributed by atoms with Crippen molar-refractivity contribution in [3.63, 3.8) is 0 Å². The molecule has 0 aliphatic carbocycles. The molecule has 66 valence electrons. The molecule has 0 aromatic heterocycles. The van der Waals surface area contributed by atoms with Crippen LogP contribution in [0.2, 0.25) is 0 Å². The Hall–Kier alpha value is -0.0400. The molecule has 0 radical (unpaired) electrons. The van der Waals surface area contributed by atoms with E-state index in [-0.39, 0.29) is 0 Å². The first-order valence-corrected chi connectivity index (χ1v) is 4.70. The average molecular weight is 155 g/mol. The highest BCUT2D eigenvalue weighted by Crippen LogP contribution is 2.41. The van der Waals surface area contributed by atoms with E-state index in [1.807, 2.05) is 0 Å². The van der Waals surface area contributed by atoms with Gasteiger partial charge in [-0.2, -0.15) is 0 Å².